The summed E-state index contributed by atoms with van der Waals surface area (Å²) in [6, 6.07) is 0. The van der Waals surface area contributed by atoms with Crippen molar-refractivity contribution in [3.63, 3.8) is 0 Å². The summed E-state index contributed by atoms with van der Waals surface area (Å²) in [5, 5.41) is 18.6. The molecule has 94 valence electrons. The molecule has 2 atom stereocenters. The number of aliphatic hydroxyl groups excluding tert-OH is 1. The maximum atomic E-state index is 11.4. The number of hydrogen-bond acceptors (Lipinski definition) is 3. The zero-order valence-corrected chi connectivity index (χ0v) is 10.4. The van der Waals surface area contributed by atoms with Gasteiger partial charge in [0.05, 0.1) is 5.92 Å². The zero-order chi connectivity index (χ0) is 12.9. The van der Waals surface area contributed by atoms with E-state index in [1.165, 1.54) is 0 Å². The first kappa shape index (κ1) is 15.1. The molecule has 0 aliphatic heterocycles. The van der Waals surface area contributed by atoms with Gasteiger partial charge in [0.2, 0.25) is 0 Å². The lowest BCUT2D eigenvalue weighted by molar-refractivity contribution is -0.144. The smallest absolute Gasteiger partial charge is 0.306 e. The number of aliphatic hydroxyl groups is 1. The highest BCUT2D eigenvalue weighted by atomic mass is 16.4. The van der Waals surface area contributed by atoms with E-state index in [-0.39, 0.29) is 24.0 Å². The van der Waals surface area contributed by atoms with E-state index < -0.39 is 18.0 Å². The van der Waals surface area contributed by atoms with Crippen molar-refractivity contribution in [1.29, 1.82) is 0 Å². The summed E-state index contributed by atoms with van der Waals surface area (Å²) in [4.78, 5) is 22.4. The predicted octanol–water partition coefficient (Wildman–Crippen LogP) is 1.71. The molecule has 0 amide bonds. The van der Waals surface area contributed by atoms with Crippen molar-refractivity contribution < 1.29 is 19.8 Å². The van der Waals surface area contributed by atoms with Crippen LogP contribution in [-0.2, 0) is 9.59 Å². The molecule has 0 fully saturated rings. The molecule has 2 N–H and O–H groups in total. The van der Waals surface area contributed by atoms with Gasteiger partial charge in [-0.15, -0.1) is 0 Å². The minimum Gasteiger partial charge on any atom is -0.481 e. The first-order valence-electron chi connectivity index (χ1n) is 5.70. The third-order valence-electron chi connectivity index (χ3n) is 2.51. The fourth-order valence-corrected chi connectivity index (χ4v) is 1.64. The molecule has 0 aliphatic rings. The van der Waals surface area contributed by atoms with Crippen molar-refractivity contribution in [1.82, 2.24) is 0 Å². The number of Topliss-reactive ketones (excluding diaryl/α,β-unsaturated/α-hetero) is 1. The molecule has 0 aliphatic carbocycles. The predicted molar refractivity (Wildman–Crippen MR) is 61.0 cm³/mol. The largest absolute Gasteiger partial charge is 0.481 e. The zero-order valence-electron chi connectivity index (χ0n) is 10.4. The molecule has 0 saturated heterocycles. The van der Waals surface area contributed by atoms with Crippen molar-refractivity contribution in [3.05, 3.63) is 0 Å². The monoisotopic (exact) mass is 230 g/mol. The van der Waals surface area contributed by atoms with Crippen LogP contribution in [0.3, 0.4) is 0 Å². The SMILES string of the molecule is CC(C)CC(CC(O)C(=O)C(C)C)C(=O)O. The van der Waals surface area contributed by atoms with Crippen LogP contribution in [0, 0.1) is 17.8 Å². The van der Waals surface area contributed by atoms with Gasteiger partial charge >= 0.3 is 5.97 Å². The second-order valence-corrected chi connectivity index (χ2v) is 4.97. The molecular weight excluding hydrogens is 208 g/mol. The number of rotatable bonds is 7. The van der Waals surface area contributed by atoms with Crippen LogP contribution in [0.15, 0.2) is 0 Å². The number of aliphatic carboxylic acids is 1. The highest BCUT2D eigenvalue weighted by Crippen LogP contribution is 2.19. The Labute approximate surface area is 96.7 Å². The van der Waals surface area contributed by atoms with Crippen LogP contribution in [0.5, 0.6) is 0 Å². The van der Waals surface area contributed by atoms with Crippen LogP contribution in [-0.4, -0.2) is 28.1 Å². The second-order valence-electron chi connectivity index (χ2n) is 4.97. The van der Waals surface area contributed by atoms with Crippen LogP contribution in [0.2, 0.25) is 0 Å². The van der Waals surface area contributed by atoms with Gasteiger partial charge in [0.25, 0.3) is 0 Å². The molecular formula is C12H22O4. The molecule has 0 aromatic heterocycles. The lowest BCUT2D eigenvalue weighted by Crippen LogP contribution is -2.30. The summed E-state index contributed by atoms with van der Waals surface area (Å²) in [5.74, 6) is -1.89. The van der Waals surface area contributed by atoms with Gasteiger partial charge in [-0.3, -0.25) is 9.59 Å². The van der Waals surface area contributed by atoms with Crippen molar-refractivity contribution in [2.75, 3.05) is 0 Å². The number of carbonyl (C=O) groups excluding carboxylic acids is 1. The average Bonchev–Trinajstić information content (AvgIpc) is 2.14. The first-order chi connectivity index (χ1) is 7.25. The van der Waals surface area contributed by atoms with Gasteiger partial charge in [0, 0.05) is 5.92 Å². The molecule has 0 aromatic rings. The van der Waals surface area contributed by atoms with Crippen LogP contribution in [0.25, 0.3) is 0 Å². The maximum absolute atomic E-state index is 11.4. The lowest BCUT2D eigenvalue weighted by atomic mass is 9.89. The van der Waals surface area contributed by atoms with E-state index in [9.17, 15) is 14.7 Å². The minimum absolute atomic E-state index is 0.0184. The molecule has 0 bridgehead atoms. The standard InChI is InChI=1S/C12H22O4/c1-7(2)5-9(12(15)16)6-10(13)11(14)8(3)4/h7-10,13H,5-6H2,1-4H3,(H,15,16). The highest BCUT2D eigenvalue weighted by molar-refractivity contribution is 5.85. The van der Waals surface area contributed by atoms with Crippen molar-refractivity contribution in [2.45, 2.75) is 46.6 Å². The van der Waals surface area contributed by atoms with Crippen LogP contribution < -0.4 is 0 Å². The molecule has 0 aromatic carbocycles. The Kier molecular flexibility index (Phi) is 6.26. The summed E-state index contributed by atoms with van der Waals surface area (Å²) >= 11 is 0. The van der Waals surface area contributed by atoms with E-state index >= 15 is 0 Å². The topological polar surface area (TPSA) is 74.6 Å². The Morgan fingerprint density at radius 2 is 1.56 bits per heavy atom. The second kappa shape index (κ2) is 6.63. The van der Waals surface area contributed by atoms with Gasteiger partial charge in [-0.25, -0.2) is 0 Å². The maximum Gasteiger partial charge on any atom is 0.306 e. The Balaban J connectivity index is 4.40. The van der Waals surface area contributed by atoms with Crippen molar-refractivity contribution >= 4 is 11.8 Å². The Morgan fingerprint density at radius 3 is 1.88 bits per heavy atom. The third-order valence-corrected chi connectivity index (χ3v) is 2.51. The molecule has 0 heterocycles. The van der Waals surface area contributed by atoms with E-state index in [1.807, 2.05) is 13.8 Å². The quantitative estimate of drug-likeness (QED) is 0.698. The van der Waals surface area contributed by atoms with E-state index in [0.717, 1.165) is 0 Å². The summed E-state index contributed by atoms with van der Waals surface area (Å²) in [6.45, 7) is 7.24. The molecule has 0 saturated carbocycles. The molecule has 4 nitrogen and oxygen atoms in total. The van der Waals surface area contributed by atoms with Crippen molar-refractivity contribution in [3.8, 4) is 0 Å². The molecule has 0 rings (SSSR count). The number of ketones is 1. The van der Waals surface area contributed by atoms with E-state index in [1.54, 1.807) is 13.8 Å². The molecule has 0 spiro atoms. The van der Waals surface area contributed by atoms with Gasteiger partial charge in [-0.05, 0) is 18.8 Å². The Bertz CT molecular complexity index is 245. The minimum atomic E-state index is -1.15. The molecule has 0 radical (unpaired) electrons. The summed E-state index contributed by atoms with van der Waals surface area (Å²) in [6.07, 6.45) is -0.651. The number of carbonyl (C=O) groups is 2. The van der Waals surface area contributed by atoms with Gasteiger partial charge < -0.3 is 10.2 Å². The van der Waals surface area contributed by atoms with E-state index in [4.69, 9.17) is 5.11 Å². The van der Waals surface area contributed by atoms with Gasteiger partial charge in [0.15, 0.2) is 5.78 Å². The summed E-state index contributed by atoms with van der Waals surface area (Å²) < 4.78 is 0. The van der Waals surface area contributed by atoms with E-state index in [0.29, 0.717) is 6.42 Å². The van der Waals surface area contributed by atoms with Crippen LogP contribution >= 0.6 is 0 Å². The van der Waals surface area contributed by atoms with Crippen LogP contribution in [0.4, 0.5) is 0 Å². The molecule has 4 heteroatoms. The normalized spacial score (nSPS) is 15.2. The number of hydrogen-bond donors (Lipinski definition) is 2. The average molecular weight is 230 g/mol. The van der Waals surface area contributed by atoms with Crippen LogP contribution in [0.1, 0.15) is 40.5 Å². The molecule has 16 heavy (non-hydrogen) atoms. The van der Waals surface area contributed by atoms with Gasteiger partial charge in [-0.1, -0.05) is 27.7 Å². The number of carboxylic acid groups (broad SMARTS) is 1. The lowest BCUT2D eigenvalue weighted by Gasteiger charge is -2.18. The summed E-state index contributed by atoms with van der Waals surface area (Å²) in [7, 11) is 0. The van der Waals surface area contributed by atoms with Crippen molar-refractivity contribution in [2.24, 2.45) is 17.8 Å². The van der Waals surface area contributed by atoms with E-state index in [2.05, 4.69) is 0 Å². The Morgan fingerprint density at radius 1 is 1.06 bits per heavy atom. The summed E-state index contributed by atoms with van der Waals surface area (Å²) in [5.41, 5.74) is 0. The highest BCUT2D eigenvalue weighted by Gasteiger charge is 2.27. The Hall–Kier alpha value is -0.900. The molecule has 2 unspecified atom stereocenters. The first-order valence-corrected chi connectivity index (χ1v) is 5.70. The number of carboxylic acids is 1. The fourth-order valence-electron chi connectivity index (χ4n) is 1.64. The van der Waals surface area contributed by atoms with Gasteiger partial charge in [0.1, 0.15) is 6.10 Å². The fraction of sp³-hybridized carbons (Fsp3) is 0.833. The third kappa shape index (κ3) is 5.26. The van der Waals surface area contributed by atoms with Gasteiger partial charge in [-0.2, -0.15) is 0 Å².